The Morgan fingerprint density at radius 2 is 1.37 bits per heavy atom. The monoisotopic (exact) mass is 483 g/mol. The Hall–Kier alpha value is -2.73. The quantitative estimate of drug-likeness (QED) is 0.0991. The molecule has 0 N–H and O–H groups in total. The molecule has 0 spiro atoms. The van der Waals surface area contributed by atoms with Crippen molar-refractivity contribution in [1.82, 2.24) is 0 Å². The minimum absolute atomic E-state index is 0.269. The summed E-state index contributed by atoms with van der Waals surface area (Å²) in [6.07, 6.45) is 15.4. The van der Waals surface area contributed by atoms with Crippen LogP contribution in [0, 0.1) is 0 Å². The van der Waals surface area contributed by atoms with Gasteiger partial charge in [0.05, 0.1) is 12.3 Å². The van der Waals surface area contributed by atoms with Gasteiger partial charge in [-0.25, -0.2) is 0 Å². The van der Waals surface area contributed by atoms with Gasteiger partial charge in [0.1, 0.15) is 23.2 Å². The first kappa shape index (κ1) is 26.9. The van der Waals surface area contributed by atoms with Crippen LogP contribution in [0.25, 0.3) is 0 Å². The van der Waals surface area contributed by atoms with E-state index in [1.165, 1.54) is 21.5 Å². The SMILES string of the molecule is C=CC[C@@H](CC/C(C)=C/C=C/CCC[P+](c1ccccc1)(c1ccccc1)c1ccccc1)OC. The van der Waals surface area contributed by atoms with E-state index in [1.807, 2.05) is 6.08 Å². The number of hydrogen-bond acceptors (Lipinski definition) is 1. The molecule has 3 aromatic carbocycles. The molecular weight excluding hydrogens is 443 g/mol. The first-order valence-corrected chi connectivity index (χ1v) is 14.7. The molecule has 0 aliphatic carbocycles. The average Bonchev–Trinajstić information content (AvgIpc) is 2.92. The van der Waals surface area contributed by atoms with Crippen LogP contribution in [0.15, 0.2) is 127 Å². The molecule has 2 heteroatoms. The van der Waals surface area contributed by atoms with E-state index in [0.717, 1.165) is 38.3 Å². The van der Waals surface area contributed by atoms with Crippen molar-refractivity contribution in [2.75, 3.05) is 13.3 Å². The Morgan fingerprint density at radius 3 is 1.83 bits per heavy atom. The summed E-state index contributed by atoms with van der Waals surface area (Å²) in [6.45, 7) is 6.04. The highest BCUT2D eigenvalue weighted by molar-refractivity contribution is 7.95. The number of hydrogen-bond donors (Lipinski definition) is 0. The lowest BCUT2D eigenvalue weighted by molar-refractivity contribution is 0.0981. The van der Waals surface area contributed by atoms with Crippen molar-refractivity contribution in [3.63, 3.8) is 0 Å². The van der Waals surface area contributed by atoms with Crippen LogP contribution in [0.1, 0.15) is 39.0 Å². The van der Waals surface area contributed by atoms with Crippen LogP contribution in [0.3, 0.4) is 0 Å². The molecule has 3 rings (SSSR count). The van der Waals surface area contributed by atoms with E-state index >= 15 is 0 Å². The highest BCUT2D eigenvalue weighted by Crippen LogP contribution is 2.55. The molecule has 0 aliphatic heterocycles. The lowest BCUT2D eigenvalue weighted by Crippen LogP contribution is -2.33. The van der Waals surface area contributed by atoms with E-state index < -0.39 is 7.26 Å². The number of ether oxygens (including phenoxy) is 1. The minimum Gasteiger partial charge on any atom is -0.381 e. The van der Waals surface area contributed by atoms with Crippen molar-refractivity contribution in [2.45, 2.75) is 45.1 Å². The van der Waals surface area contributed by atoms with Crippen molar-refractivity contribution < 1.29 is 4.74 Å². The number of benzene rings is 3. The zero-order valence-electron chi connectivity index (χ0n) is 21.4. The maximum atomic E-state index is 5.53. The summed E-state index contributed by atoms with van der Waals surface area (Å²) in [4.78, 5) is 0. The largest absolute Gasteiger partial charge is 0.381 e. The summed E-state index contributed by atoms with van der Waals surface area (Å²) in [5, 5.41) is 4.39. The van der Waals surface area contributed by atoms with E-state index in [4.69, 9.17) is 4.74 Å². The van der Waals surface area contributed by atoms with Gasteiger partial charge in [0.15, 0.2) is 0 Å². The summed E-state index contributed by atoms with van der Waals surface area (Å²) in [7, 11) is 0.0636. The predicted molar refractivity (Wildman–Crippen MR) is 157 cm³/mol. The van der Waals surface area contributed by atoms with Gasteiger partial charge in [-0.1, -0.05) is 84.5 Å². The molecule has 35 heavy (non-hydrogen) atoms. The molecule has 0 fully saturated rings. The Labute approximate surface area is 213 Å². The van der Waals surface area contributed by atoms with Gasteiger partial charge in [-0.2, -0.15) is 0 Å². The van der Waals surface area contributed by atoms with Crippen molar-refractivity contribution in [3.05, 3.63) is 127 Å². The second-order valence-electron chi connectivity index (χ2n) is 9.04. The summed E-state index contributed by atoms with van der Waals surface area (Å²) in [5.41, 5.74) is 1.40. The number of unbranched alkanes of at least 4 members (excludes halogenated alkanes) is 1. The van der Waals surface area contributed by atoms with E-state index in [1.54, 1.807) is 7.11 Å². The lowest BCUT2D eigenvalue weighted by Gasteiger charge is -2.27. The summed E-state index contributed by atoms with van der Waals surface area (Å²) < 4.78 is 5.53. The van der Waals surface area contributed by atoms with Gasteiger partial charge >= 0.3 is 0 Å². The molecule has 1 atom stereocenters. The summed E-state index contributed by atoms with van der Waals surface area (Å²) >= 11 is 0. The molecule has 0 unspecified atom stereocenters. The molecule has 0 bridgehead atoms. The van der Waals surface area contributed by atoms with Crippen LogP contribution in [0.2, 0.25) is 0 Å². The zero-order chi connectivity index (χ0) is 24.8. The van der Waals surface area contributed by atoms with Crippen LogP contribution in [0.4, 0.5) is 0 Å². The molecule has 0 saturated heterocycles. The molecule has 0 saturated carbocycles. The maximum Gasteiger partial charge on any atom is 0.112 e. The lowest BCUT2D eigenvalue weighted by atomic mass is 10.1. The number of allylic oxidation sites excluding steroid dienone is 4. The highest BCUT2D eigenvalue weighted by Gasteiger charge is 2.44. The molecule has 0 radical (unpaired) electrons. The van der Waals surface area contributed by atoms with Gasteiger partial charge in [-0.3, -0.25) is 0 Å². The average molecular weight is 484 g/mol. The zero-order valence-corrected chi connectivity index (χ0v) is 22.2. The van der Waals surface area contributed by atoms with Crippen molar-refractivity contribution in [2.24, 2.45) is 0 Å². The highest BCUT2D eigenvalue weighted by atomic mass is 31.2. The van der Waals surface area contributed by atoms with Crippen molar-refractivity contribution in [1.29, 1.82) is 0 Å². The van der Waals surface area contributed by atoms with Gasteiger partial charge in [0.2, 0.25) is 0 Å². The third kappa shape index (κ3) is 7.63. The molecule has 182 valence electrons. The van der Waals surface area contributed by atoms with E-state index in [0.29, 0.717) is 0 Å². The third-order valence-corrected chi connectivity index (χ3v) is 11.1. The van der Waals surface area contributed by atoms with Crippen LogP contribution in [-0.4, -0.2) is 19.4 Å². The third-order valence-electron chi connectivity index (χ3n) is 6.60. The molecule has 3 aromatic rings. The molecule has 0 aliphatic rings. The van der Waals surface area contributed by atoms with Gasteiger partial charge in [0, 0.05) is 7.11 Å². The Morgan fingerprint density at radius 1 is 0.857 bits per heavy atom. The van der Waals surface area contributed by atoms with Gasteiger partial charge in [0.25, 0.3) is 0 Å². The van der Waals surface area contributed by atoms with Gasteiger partial charge in [-0.15, -0.1) is 6.58 Å². The second kappa shape index (κ2) is 14.6. The van der Waals surface area contributed by atoms with Crippen LogP contribution in [0.5, 0.6) is 0 Å². The molecule has 0 aromatic heterocycles. The standard InChI is InChI=1S/C33H40OP/c1-4-18-30(34-3)27-26-29(2)19-10-5-6-17-28-35(31-20-11-7-12-21-31,32-22-13-8-14-23-32)33-24-15-9-16-25-33/h4-5,7-16,19-25,30H,1,6,17-18,26-28H2,2-3H3/q+1/b10-5+,29-19+/t30-/m0/s1. The minimum atomic E-state index is -1.72. The fraction of sp³-hybridized carbons (Fsp3) is 0.273. The van der Waals surface area contributed by atoms with Gasteiger partial charge in [-0.05, 0) is 75.4 Å². The fourth-order valence-electron chi connectivity index (χ4n) is 4.65. The first-order chi connectivity index (χ1) is 17.2. The topological polar surface area (TPSA) is 9.23 Å². The normalized spacial score (nSPS) is 13.1. The molecule has 0 heterocycles. The van der Waals surface area contributed by atoms with Crippen molar-refractivity contribution >= 4 is 23.2 Å². The molecule has 1 nitrogen and oxygen atoms in total. The van der Waals surface area contributed by atoms with Crippen LogP contribution >= 0.6 is 7.26 Å². The maximum absolute atomic E-state index is 5.53. The number of methoxy groups -OCH3 is 1. The summed E-state index contributed by atoms with van der Waals surface area (Å²) in [5.74, 6) is 0. The Bertz CT molecular complexity index is 957. The van der Waals surface area contributed by atoms with Crippen LogP contribution < -0.4 is 15.9 Å². The summed E-state index contributed by atoms with van der Waals surface area (Å²) in [6, 6.07) is 33.5. The fourth-order valence-corrected chi connectivity index (χ4v) is 9.02. The van der Waals surface area contributed by atoms with Crippen LogP contribution in [-0.2, 0) is 4.74 Å². The number of rotatable bonds is 14. The predicted octanol–water partition coefficient (Wildman–Crippen LogP) is 7.63. The van der Waals surface area contributed by atoms with Gasteiger partial charge < -0.3 is 4.74 Å². The smallest absolute Gasteiger partial charge is 0.112 e. The first-order valence-electron chi connectivity index (χ1n) is 12.7. The van der Waals surface area contributed by atoms with Crippen molar-refractivity contribution in [3.8, 4) is 0 Å². The second-order valence-corrected chi connectivity index (χ2v) is 12.7. The van der Waals surface area contributed by atoms with E-state index in [9.17, 15) is 0 Å². The Kier molecular flexibility index (Phi) is 11.2. The van der Waals surface area contributed by atoms with E-state index in [2.05, 4.69) is 123 Å². The van der Waals surface area contributed by atoms with E-state index in [-0.39, 0.29) is 6.10 Å². The Balaban J connectivity index is 1.73. The molecular formula is C33H40OP+. The molecule has 0 amide bonds.